The van der Waals surface area contributed by atoms with Crippen LogP contribution in [0.25, 0.3) is 22.4 Å². The highest BCUT2D eigenvalue weighted by atomic mass is 35.5. The number of halogens is 4. The molecule has 4 aromatic rings. The fourth-order valence-corrected chi connectivity index (χ4v) is 10.0. The van der Waals surface area contributed by atoms with Crippen molar-refractivity contribution in [2.24, 2.45) is 17.3 Å². The van der Waals surface area contributed by atoms with E-state index >= 15 is 0 Å². The number of amides is 4. The molecule has 19 heteroatoms. The molecule has 66 heavy (non-hydrogen) atoms. The normalized spacial score (nSPS) is 21.7. The van der Waals surface area contributed by atoms with Gasteiger partial charge in [-0.05, 0) is 74.6 Å². The first-order valence-electron chi connectivity index (χ1n) is 22.2. The first kappa shape index (κ1) is 46.6. The van der Waals surface area contributed by atoms with Gasteiger partial charge in [0, 0.05) is 79.9 Å². The van der Waals surface area contributed by atoms with Crippen molar-refractivity contribution in [3.63, 3.8) is 0 Å². The molecule has 4 fully saturated rings. The molecule has 5 atom stereocenters. The number of benzene rings is 2. The predicted octanol–water partition coefficient (Wildman–Crippen LogP) is 8.23. The Morgan fingerprint density at radius 2 is 1.70 bits per heavy atom. The molecular weight excluding hydrogens is 881 g/mol. The minimum Gasteiger partial charge on any atom is -0.453 e. The zero-order valence-corrected chi connectivity index (χ0v) is 38.2. The molecule has 1 saturated carbocycles. The quantitative estimate of drug-likeness (QED) is 0.141. The van der Waals surface area contributed by atoms with E-state index in [4.69, 9.17) is 26.1 Å². The second kappa shape index (κ2) is 18.8. The Hall–Kier alpha value is -5.88. The Labute approximate surface area is 385 Å². The molecule has 4 aliphatic rings. The molecule has 0 unspecified atom stereocenters. The van der Waals surface area contributed by atoms with Crippen molar-refractivity contribution in [2.75, 3.05) is 50.2 Å². The lowest BCUT2D eigenvalue weighted by Crippen LogP contribution is -2.56. The number of hydrogen-bond donors (Lipinski definition) is 3. The van der Waals surface area contributed by atoms with Gasteiger partial charge in [0.25, 0.3) is 5.91 Å². The van der Waals surface area contributed by atoms with Gasteiger partial charge in [-0.15, -0.1) is 13.2 Å². The number of aromatic nitrogens is 3. The number of anilines is 2. The summed E-state index contributed by atoms with van der Waals surface area (Å²) < 4.78 is 56.4. The summed E-state index contributed by atoms with van der Waals surface area (Å²) in [6.45, 7) is 10.3. The number of aromatic amines is 1. The number of alkyl carbamates (subject to hydrolysis) is 1. The summed E-state index contributed by atoms with van der Waals surface area (Å²) in [4.78, 5) is 71.5. The van der Waals surface area contributed by atoms with Crippen molar-refractivity contribution in [1.82, 2.24) is 30.1 Å². The van der Waals surface area contributed by atoms with Crippen LogP contribution in [0.2, 0.25) is 5.02 Å². The number of fused-ring (bicyclic) bond motifs is 2. The smallest absolute Gasteiger partial charge is 0.453 e. The summed E-state index contributed by atoms with van der Waals surface area (Å²) in [5.41, 5.74) is 1.17. The summed E-state index contributed by atoms with van der Waals surface area (Å²) in [5.74, 6) is -0.0394. The number of piperidine rings is 1. The molecule has 2 aromatic heterocycles. The zero-order valence-electron chi connectivity index (χ0n) is 37.4. The average molecular weight is 935 g/mol. The number of carbonyl (C=O) groups is 4. The third-order valence-corrected chi connectivity index (χ3v) is 13.4. The number of methoxy groups -OCH3 is 1. The Morgan fingerprint density at radius 1 is 0.970 bits per heavy atom. The van der Waals surface area contributed by atoms with Gasteiger partial charge >= 0.3 is 12.5 Å². The number of nitrogens with one attached hydrogen (secondary N) is 3. The monoisotopic (exact) mass is 934 g/mol. The number of hydrogen-bond acceptors (Lipinski definition) is 10. The number of nitrogens with zero attached hydrogens (tertiary/aromatic N) is 5. The van der Waals surface area contributed by atoms with E-state index in [0.29, 0.717) is 74.2 Å². The van der Waals surface area contributed by atoms with E-state index in [1.54, 1.807) is 42.6 Å². The number of piperazine rings is 1. The van der Waals surface area contributed by atoms with Crippen LogP contribution in [0.4, 0.5) is 29.5 Å². The second-order valence-electron chi connectivity index (χ2n) is 18.5. The molecule has 15 nitrogen and oxygen atoms in total. The molecule has 8 rings (SSSR count). The van der Waals surface area contributed by atoms with Crippen LogP contribution in [-0.2, 0) is 19.1 Å². The maximum absolute atomic E-state index is 14.4. The Kier molecular flexibility index (Phi) is 13.3. The summed E-state index contributed by atoms with van der Waals surface area (Å²) >= 11 is 6.63. The Balaban J connectivity index is 0.973. The highest BCUT2D eigenvalue weighted by Crippen LogP contribution is 2.50. The second-order valence-corrected chi connectivity index (χ2v) is 18.9. The summed E-state index contributed by atoms with van der Waals surface area (Å²) in [6.07, 6.45) is 1.23. The molecule has 352 valence electrons. The molecule has 2 bridgehead atoms. The molecular formula is C47H54ClF3N8O7. The van der Waals surface area contributed by atoms with E-state index in [0.717, 1.165) is 25.3 Å². The molecule has 0 spiro atoms. The van der Waals surface area contributed by atoms with Gasteiger partial charge in [0.2, 0.25) is 11.8 Å². The number of likely N-dealkylation sites (tertiary alicyclic amines) is 1. The first-order chi connectivity index (χ1) is 31.4. The molecule has 0 radical (unpaired) electrons. The van der Waals surface area contributed by atoms with Crippen molar-refractivity contribution in [3.8, 4) is 28.1 Å². The summed E-state index contributed by atoms with van der Waals surface area (Å²) in [7, 11) is 1.27. The number of H-pyrrole nitrogens is 1. The van der Waals surface area contributed by atoms with Crippen molar-refractivity contribution in [3.05, 3.63) is 77.3 Å². The molecule has 3 aliphatic heterocycles. The van der Waals surface area contributed by atoms with Crippen molar-refractivity contribution >= 4 is 46.9 Å². The van der Waals surface area contributed by atoms with E-state index in [9.17, 15) is 32.3 Å². The molecule has 1 aliphatic carbocycles. The SMILES string of the molecule is COC(=O)N[C@H](C(=O)N1[C@@H]2CC[C@@H](C2)[C@H]1c1nc(-c2ccc(-c3cc(Cl)c(NC(=O)c4ccc(N5CCN(C(=O)C(C)(C)C)C[C@H]5C)nc4)cc3OC(F)(F)F)cc2)c[nH]1)C1CCOCC1. The van der Waals surface area contributed by atoms with Crippen LogP contribution in [0.15, 0.2) is 60.9 Å². The summed E-state index contributed by atoms with van der Waals surface area (Å²) in [6, 6.07) is 11.1. The third kappa shape index (κ3) is 9.94. The topological polar surface area (TPSA) is 171 Å². The maximum Gasteiger partial charge on any atom is 0.573 e. The number of rotatable bonds is 10. The van der Waals surface area contributed by atoms with Gasteiger partial charge in [0.05, 0.1) is 35.1 Å². The van der Waals surface area contributed by atoms with E-state index in [2.05, 4.69) is 30.2 Å². The van der Waals surface area contributed by atoms with Gasteiger partial charge in [-0.1, -0.05) is 56.6 Å². The van der Waals surface area contributed by atoms with Crippen LogP contribution >= 0.6 is 11.6 Å². The third-order valence-electron chi connectivity index (χ3n) is 13.1. The fraction of sp³-hybridized carbons (Fsp3) is 0.489. The van der Waals surface area contributed by atoms with Crippen LogP contribution in [0, 0.1) is 17.3 Å². The van der Waals surface area contributed by atoms with Crippen LogP contribution in [0.3, 0.4) is 0 Å². The Bertz CT molecular complexity index is 2440. The largest absolute Gasteiger partial charge is 0.573 e. The standard InChI is InChI=1S/C47H54ClF3N8O7/c1-26-25-57(44(62)46(2,3)4)16-17-58(26)38-13-11-31(23-52-38)42(60)55-35-22-37(66-47(49,50)51)33(21-34(35)48)27-6-8-28(9-7-27)36-24-53-41(54-36)40-30-10-12-32(20-30)59(40)43(61)39(56-45(63)64-5)29-14-18-65-19-15-29/h6-9,11,13,21-24,26,29-30,32,39-40H,10,12,14-20,25H2,1-5H3,(H,53,54)(H,55,60)(H,56,63)/t26-,30+,32-,39+,40+/m1/s1. The molecule has 4 amide bonds. The lowest BCUT2D eigenvalue weighted by Gasteiger charge is -2.42. The van der Waals surface area contributed by atoms with Gasteiger partial charge in [0.15, 0.2) is 0 Å². The van der Waals surface area contributed by atoms with Gasteiger partial charge < -0.3 is 44.5 Å². The van der Waals surface area contributed by atoms with Crippen molar-refractivity contribution < 1.29 is 46.6 Å². The lowest BCUT2D eigenvalue weighted by atomic mass is 9.89. The van der Waals surface area contributed by atoms with Crippen LogP contribution in [0.5, 0.6) is 5.75 Å². The van der Waals surface area contributed by atoms with Gasteiger partial charge in [-0.2, -0.15) is 0 Å². The number of carbonyl (C=O) groups excluding carboxylic acids is 4. The van der Waals surface area contributed by atoms with Crippen LogP contribution in [0.1, 0.15) is 82.0 Å². The van der Waals surface area contributed by atoms with Crippen molar-refractivity contribution in [1.29, 1.82) is 0 Å². The van der Waals surface area contributed by atoms with Crippen LogP contribution in [-0.4, -0.2) is 113 Å². The number of ether oxygens (including phenoxy) is 3. The maximum atomic E-state index is 14.4. The molecule has 3 N–H and O–H groups in total. The van der Waals surface area contributed by atoms with Gasteiger partial charge in [-0.25, -0.2) is 14.8 Å². The van der Waals surface area contributed by atoms with E-state index in [-0.39, 0.29) is 63.6 Å². The van der Waals surface area contributed by atoms with Crippen molar-refractivity contribution in [2.45, 2.75) is 90.3 Å². The predicted molar refractivity (Wildman–Crippen MR) is 240 cm³/mol. The average Bonchev–Trinajstić information content (AvgIpc) is 4.06. The number of imidazole rings is 1. The van der Waals surface area contributed by atoms with E-state index in [1.807, 2.05) is 37.5 Å². The molecule has 3 saturated heterocycles. The van der Waals surface area contributed by atoms with Gasteiger partial charge in [0.1, 0.15) is 23.4 Å². The van der Waals surface area contributed by atoms with E-state index in [1.165, 1.54) is 19.4 Å². The molecule has 2 aromatic carbocycles. The zero-order chi connectivity index (χ0) is 47.1. The molecule has 5 heterocycles. The number of pyridine rings is 1. The Morgan fingerprint density at radius 3 is 2.35 bits per heavy atom. The van der Waals surface area contributed by atoms with E-state index < -0.39 is 35.6 Å². The fourth-order valence-electron chi connectivity index (χ4n) is 9.82. The number of alkyl halides is 3. The summed E-state index contributed by atoms with van der Waals surface area (Å²) in [5, 5.41) is 5.37. The highest BCUT2D eigenvalue weighted by Gasteiger charge is 2.52. The van der Waals surface area contributed by atoms with Gasteiger partial charge in [-0.3, -0.25) is 14.4 Å². The van der Waals surface area contributed by atoms with Crippen LogP contribution < -0.4 is 20.3 Å². The minimum absolute atomic E-state index is 0.000239. The highest BCUT2D eigenvalue weighted by molar-refractivity contribution is 6.34. The lowest BCUT2D eigenvalue weighted by molar-refractivity contribution is -0.274. The minimum atomic E-state index is -5.06. The first-order valence-corrected chi connectivity index (χ1v) is 22.6.